The first-order valence-corrected chi connectivity index (χ1v) is 35.7. The molecule has 0 amide bonds. The van der Waals surface area contributed by atoms with Crippen molar-refractivity contribution in [1.29, 1.82) is 0 Å². The van der Waals surface area contributed by atoms with E-state index in [4.69, 9.17) is 9.47 Å². The minimum Gasteiger partial charge on any atom is -0.462 e. The van der Waals surface area contributed by atoms with Crippen LogP contribution in [0.5, 0.6) is 0 Å². The summed E-state index contributed by atoms with van der Waals surface area (Å²) >= 11 is 0. The van der Waals surface area contributed by atoms with Crippen LogP contribution < -0.4 is 0 Å². The Bertz CT molecular complexity index is 1870. The van der Waals surface area contributed by atoms with Gasteiger partial charge in [0.2, 0.25) is 0 Å². The first kappa shape index (κ1) is 81.3. The lowest BCUT2D eigenvalue weighted by Gasteiger charge is -2.15. The predicted octanol–water partition coefficient (Wildman–Crippen LogP) is 25.2. The molecule has 5 nitrogen and oxygen atoms in total. The lowest BCUT2D eigenvalue weighted by Crippen LogP contribution is -2.28. The fourth-order valence-electron chi connectivity index (χ4n) is 9.75. The maximum absolute atomic E-state index is 12.4. The van der Waals surface area contributed by atoms with Gasteiger partial charge in [0.15, 0.2) is 6.10 Å². The van der Waals surface area contributed by atoms with Crippen molar-refractivity contribution in [1.82, 2.24) is 0 Å². The van der Waals surface area contributed by atoms with E-state index in [-0.39, 0.29) is 25.2 Å². The third-order valence-electron chi connectivity index (χ3n) is 15.0. The highest BCUT2D eigenvalue weighted by Gasteiger charge is 2.16. The van der Waals surface area contributed by atoms with Crippen LogP contribution in [0.25, 0.3) is 0 Å². The molecule has 0 rings (SSSR count). The molecule has 0 radical (unpaired) electrons. The second-order valence-corrected chi connectivity index (χ2v) is 23.2. The third-order valence-corrected chi connectivity index (χ3v) is 15.0. The largest absolute Gasteiger partial charge is 0.462 e. The van der Waals surface area contributed by atoms with Crippen LogP contribution in [0.1, 0.15) is 309 Å². The summed E-state index contributed by atoms with van der Waals surface area (Å²) in [5, 5.41) is 9.71. The van der Waals surface area contributed by atoms with E-state index in [0.29, 0.717) is 12.8 Å². The highest BCUT2D eigenvalue weighted by atomic mass is 16.6. The first-order valence-electron chi connectivity index (χ1n) is 35.7. The number of hydrogen-bond acceptors (Lipinski definition) is 5. The zero-order chi connectivity index (χ0) is 61.9. The number of esters is 2. The third kappa shape index (κ3) is 71.7. The van der Waals surface area contributed by atoms with Crippen molar-refractivity contribution < 1.29 is 24.2 Å². The number of allylic oxidation sites excluding steroid dienone is 28. The summed E-state index contributed by atoms with van der Waals surface area (Å²) in [5.74, 6) is -0.595. The maximum atomic E-state index is 12.4. The number of carbonyl (C=O) groups is 2. The van der Waals surface area contributed by atoms with Gasteiger partial charge in [-0.15, -0.1) is 0 Å². The molecule has 0 saturated heterocycles. The molecule has 1 unspecified atom stereocenters. The fraction of sp³-hybridized carbons (Fsp3) is 0.630. The Hall–Kier alpha value is -4.74. The molecule has 0 aliphatic carbocycles. The molecule has 0 spiro atoms. The fourth-order valence-corrected chi connectivity index (χ4v) is 9.75. The van der Waals surface area contributed by atoms with E-state index in [9.17, 15) is 14.7 Å². The van der Waals surface area contributed by atoms with Crippen molar-refractivity contribution in [2.75, 3.05) is 13.2 Å². The summed E-state index contributed by atoms with van der Waals surface area (Å²) < 4.78 is 10.8. The van der Waals surface area contributed by atoms with Crippen molar-refractivity contribution >= 4 is 11.9 Å². The molecular weight excluding hydrogens is 1050 g/mol. The zero-order valence-corrected chi connectivity index (χ0v) is 55.8. The van der Waals surface area contributed by atoms with E-state index in [2.05, 4.69) is 184 Å². The number of ether oxygens (including phenoxy) is 2. The number of hydrogen-bond donors (Lipinski definition) is 1. The van der Waals surface area contributed by atoms with Gasteiger partial charge in [-0.25, -0.2) is 0 Å². The summed E-state index contributed by atoms with van der Waals surface area (Å²) in [4.78, 5) is 24.7. The van der Waals surface area contributed by atoms with Crippen LogP contribution in [0, 0.1) is 0 Å². The number of rotatable bonds is 64. The normalized spacial score (nSPS) is 13.3. The number of unbranched alkanes of at least 4 members (excludes halogenated alkanes) is 28. The van der Waals surface area contributed by atoms with Gasteiger partial charge < -0.3 is 14.6 Å². The monoisotopic (exact) mass is 1190 g/mol. The van der Waals surface area contributed by atoms with Crippen LogP contribution in [0.15, 0.2) is 170 Å². The lowest BCUT2D eigenvalue weighted by atomic mass is 10.0. The van der Waals surface area contributed by atoms with Gasteiger partial charge in [-0.3, -0.25) is 9.59 Å². The minimum atomic E-state index is -0.786. The molecule has 486 valence electrons. The molecule has 86 heavy (non-hydrogen) atoms. The quantitative estimate of drug-likeness (QED) is 0.0373. The smallest absolute Gasteiger partial charge is 0.306 e. The molecule has 5 heteroatoms. The molecule has 0 bridgehead atoms. The Kier molecular flexibility index (Phi) is 70.4. The van der Waals surface area contributed by atoms with E-state index < -0.39 is 6.10 Å². The molecule has 0 heterocycles. The van der Waals surface area contributed by atoms with Crippen molar-refractivity contribution in [3.05, 3.63) is 170 Å². The van der Waals surface area contributed by atoms with Gasteiger partial charge in [0, 0.05) is 12.8 Å². The van der Waals surface area contributed by atoms with Crippen molar-refractivity contribution in [2.24, 2.45) is 0 Å². The van der Waals surface area contributed by atoms with Gasteiger partial charge in [-0.05, 0) is 128 Å². The van der Waals surface area contributed by atoms with Crippen LogP contribution in [0.4, 0.5) is 0 Å². The molecular formula is C81H132O5. The molecule has 0 fully saturated rings. The first-order chi connectivity index (χ1) is 42.6. The maximum Gasteiger partial charge on any atom is 0.306 e. The molecule has 0 aromatic carbocycles. The highest BCUT2D eigenvalue weighted by molar-refractivity contribution is 5.70. The lowest BCUT2D eigenvalue weighted by molar-refractivity contribution is -0.161. The summed E-state index contributed by atoms with van der Waals surface area (Å²) in [6, 6.07) is 0. The van der Waals surface area contributed by atoms with Crippen molar-refractivity contribution in [3.63, 3.8) is 0 Å². The van der Waals surface area contributed by atoms with Gasteiger partial charge >= 0.3 is 11.9 Å². The van der Waals surface area contributed by atoms with E-state index >= 15 is 0 Å². The Morgan fingerprint density at radius 3 is 0.698 bits per heavy atom. The van der Waals surface area contributed by atoms with Gasteiger partial charge in [-0.2, -0.15) is 0 Å². The van der Waals surface area contributed by atoms with Crippen LogP contribution in [-0.2, 0) is 19.1 Å². The SMILES string of the molecule is CC/C=C\C/C=C\C/C=C\C/C=C\C/C=C\C/C=C\C/C=C\C/C=C\CCCCCCCCCCCCC(=O)OC(CO)COC(=O)CCCCCCCCCCCCCCCCCCCC/C=C\C/C=C\C/C=C\C/C=C\C/C=C\C/C=C\CC. The van der Waals surface area contributed by atoms with E-state index in [0.717, 1.165) is 128 Å². The summed E-state index contributed by atoms with van der Waals surface area (Å²) in [6.07, 6.45) is 115. The van der Waals surface area contributed by atoms with E-state index in [1.807, 2.05) is 0 Å². The Morgan fingerprint density at radius 1 is 0.267 bits per heavy atom. The van der Waals surface area contributed by atoms with E-state index in [1.165, 1.54) is 154 Å². The van der Waals surface area contributed by atoms with Gasteiger partial charge in [0.05, 0.1) is 6.61 Å². The highest BCUT2D eigenvalue weighted by Crippen LogP contribution is 2.17. The second kappa shape index (κ2) is 74.5. The molecule has 0 saturated carbocycles. The van der Waals surface area contributed by atoms with Gasteiger partial charge in [-0.1, -0.05) is 338 Å². The van der Waals surface area contributed by atoms with Crippen LogP contribution >= 0.6 is 0 Å². The molecule has 1 N–H and O–H groups in total. The van der Waals surface area contributed by atoms with Crippen LogP contribution in [0.2, 0.25) is 0 Å². The van der Waals surface area contributed by atoms with Gasteiger partial charge in [0.1, 0.15) is 6.61 Å². The zero-order valence-electron chi connectivity index (χ0n) is 55.8. The molecule has 0 aromatic heterocycles. The summed E-state index contributed by atoms with van der Waals surface area (Å²) in [5.41, 5.74) is 0. The topological polar surface area (TPSA) is 72.8 Å². The molecule has 0 aromatic rings. The number of carbonyl (C=O) groups excluding carboxylic acids is 2. The standard InChI is InChI=1S/C81H132O5/c1-3-5-7-9-11-13-15-17-19-21-23-25-27-29-31-33-35-37-39-40-42-43-45-47-49-51-53-55-57-59-61-63-65-67-69-71-73-75-80(83)85-78-79(77-82)86-81(84)76-74-72-70-68-66-64-62-60-58-56-54-52-50-48-46-44-41-38-36-34-32-30-28-26-24-22-20-18-16-14-12-10-8-6-4-2/h5-8,11-14,17-20,23-26,29-32,35-38,44,46,50,52,79,82H,3-4,9-10,15-16,21-22,27-28,33-34,39-43,45,47-49,51,53-78H2,1-2H3/b7-5-,8-6-,13-11-,14-12-,19-17-,20-18-,25-23-,26-24-,31-29-,32-30-,37-35-,38-36-,46-44-,52-50-. The molecule has 0 aliphatic heterocycles. The van der Waals surface area contributed by atoms with E-state index in [1.54, 1.807) is 0 Å². The Morgan fingerprint density at radius 2 is 0.465 bits per heavy atom. The molecule has 0 aliphatic rings. The minimum absolute atomic E-state index is 0.0739. The van der Waals surface area contributed by atoms with Crippen molar-refractivity contribution in [3.8, 4) is 0 Å². The molecule has 1 atom stereocenters. The average Bonchev–Trinajstić information content (AvgIpc) is 3.55. The number of aliphatic hydroxyl groups excluding tert-OH is 1. The second-order valence-electron chi connectivity index (χ2n) is 23.2. The van der Waals surface area contributed by atoms with Gasteiger partial charge in [0.25, 0.3) is 0 Å². The average molecular weight is 1190 g/mol. The Balaban J connectivity index is 3.52. The predicted molar refractivity (Wildman–Crippen MR) is 380 cm³/mol. The summed E-state index contributed by atoms with van der Waals surface area (Å²) in [6.45, 7) is 3.92. The summed E-state index contributed by atoms with van der Waals surface area (Å²) in [7, 11) is 0. The van der Waals surface area contributed by atoms with Crippen LogP contribution in [0.3, 0.4) is 0 Å². The Labute approximate surface area is 532 Å². The van der Waals surface area contributed by atoms with Crippen molar-refractivity contribution in [2.45, 2.75) is 315 Å². The van der Waals surface area contributed by atoms with Crippen LogP contribution in [-0.4, -0.2) is 36.4 Å². The number of aliphatic hydroxyl groups is 1.